The first-order valence-corrected chi connectivity index (χ1v) is 19.8. The van der Waals surface area contributed by atoms with Gasteiger partial charge < -0.3 is 28.5 Å². The first-order chi connectivity index (χ1) is 23.8. The Morgan fingerprint density at radius 2 is 1.82 bits per heavy atom. The highest BCUT2D eigenvalue weighted by Crippen LogP contribution is 2.60. The van der Waals surface area contributed by atoms with Gasteiger partial charge in [0.2, 0.25) is 14.3 Å². The molecule has 1 spiro atoms. The van der Waals surface area contributed by atoms with Gasteiger partial charge in [0.15, 0.2) is 5.60 Å². The summed E-state index contributed by atoms with van der Waals surface area (Å²) in [5.41, 5.74) is 1.29. The first-order valence-electron chi connectivity index (χ1n) is 16.8. The van der Waals surface area contributed by atoms with Crippen LogP contribution >= 0.6 is 0 Å². The summed E-state index contributed by atoms with van der Waals surface area (Å²) in [5, 5.41) is 22.2. The maximum atomic E-state index is 16.4. The highest BCUT2D eigenvalue weighted by molar-refractivity contribution is 6.72. The van der Waals surface area contributed by atoms with E-state index in [-0.39, 0.29) is 43.3 Å². The van der Waals surface area contributed by atoms with Crippen molar-refractivity contribution in [2.45, 2.75) is 69.2 Å². The number of halogens is 1. The van der Waals surface area contributed by atoms with Crippen molar-refractivity contribution in [2.75, 3.05) is 29.6 Å². The van der Waals surface area contributed by atoms with Crippen molar-refractivity contribution < 1.29 is 38.0 Å². The van der Waals surface area contributed by atoms with Crippen molar-refractivity contribution in [3.8, 4) is 0 Å². The minimum Gasteiger partial charge on any atom is -0.447 e. The summed E-state index contributed by atoms with van der Waals surface area (Å²) in [5.74, 6) is -1.56. The number of aliphatic hydroxyl groups excluding tert-OH is 1. The van der Waals surface area contributed by atoms with E-state index in [1.54, 1.807) is 36.1 Å². The van der Waals surface area contributed by atoms with E-state index in [0.717, 1.165) is 16.7 Å². The van der Waals surface area contributed by atoms with Crippen molar-refractivity contribution in [3.63, 3.8) is 0 Å². The number of aliphatic hydroxyl groups is 1. The van der Waals surface area contributed by atoms with Crippen LogP contribution in [-0.2, 0) is 44.2 Å². The molecule has 0 bridgehead atoms. The lowest BCUT2D eigenvalue weighted by molar-refractivity contribution is -0.385. The molecule has 4 aliphatic heterocycles. The Hall–Kier alpha value is -4.66. The van der Waals surface area contributed by atoms with E-state index >= 15 is 4.11 Å². The van der Waals surface area contributed by atoms with Crippen LogP contribution in [0.4, 0.5) is 26.0 Å². The SMILES string of the molecule is C[C@H]1[C@H]([Si](C)(C)F)[C@@H](CC(=O)N2Cc3ccccc3C[C@H]2CO)O[C@]12C(=O)N(Cc1ccc(N3CCOC3=O)cc1)c1ccc([N+](=O)[O-])cc12. The number of fused-ring (bicyclic) bond motifs is 3. The number of rotatable bonds is 8. The Morgan fingerprint density at radius 3 is 2.46 bits per heavy atom. The number of anilines is 2. The number of carbonyl (C=O) groups is 3. The lowest BCUT2D eigenvalue weighted by Crippen LogP contribution is -2.48. The summed E-state index contributed by atoms with van der Waals surface area (Å²) in [4.78, 5) is 56.9. The number of ether oxygens (including phenoxy) is 2. The molecule has 50 heavy (non-hydrogen) atoms. The molecular weight excluding hydrogens is 664 g/mol. The van der Waals surface area contributed by atoms with E-state index in [0.29, 0.717) is 30.9 Å². The van der Waals surface area contributed by atoms with E-state index < -0.39 is 54.5 Å². The fraction of sp³-hybridized carbons (Fsp3) is 0.417. The van der Waals surface area contributed by atoms with Gasteiger partial charge in [0.1, 0.15) is 6.61 Å². The van der Waals surface area contributed by atoms with Crippen LogP contribution in [0.5, 0.6) is 0 Å². The van der Waals surface area contributed by atoms with Gasteiger partial charge in [-0.05, 0) is 54.4 Å². The number of nitro groups is 1. The molecule has 0 radical (unpaired) electrons. The van der Waals surface area contributed by atoms with E-state index in [2.05, 4.69) is 0 Å². The van der Waals surface area contributed by atoms with E-state index in [4.69, 9.17) is 9.47 Å². The van der Waals surface area contributed by atoms with Crippen LogP contribution < -0.4 is 9.80 Å². The lowest BCUT2D eigenvalue weighted by atomic mass is 9.82. The Kier molecular flexibility index (Phi) is 8.51. The molecule has 12 nitrogen and oxygen atoms in total. The summed E-state index contributed by atoms with van der Waals surface area (Å²) < 4.78 is 28.2. The molecule has 262 valence electrons. The van der Waals surface area contributed by atoms with Gasteiger partial charge in [-0.2, -0.15) is 0 Å². The van der Waals surface area contributed by atoms with E-state index in [1.165, 1.54) is 41.1 Å². The average molecular weight is 703 g/mol. The van der Waals surface area contributed by atoms with Crippen LogP contribution in [0.15, 0.2) is 66.7 Å². The molecule has 2 saturated heterocycles. The molecular formula is C36H39FN4O8Si. The zero-order valence-corrected chi connectivity index (χ0v) is 29.1. The van der Waals surface area contributed by atoms with Crippen LogP contribution in [0.3, 0.4) is 0 Å². The van der Waals surface area contributed by atoms with Crippen LogP contribution in [0.2, 0.25) is 18.6 Å². The second kappa shape index (κ2) is 12.6. The molecule has 0 aromatic heterocycles. The van der Waals surface area contributed by atoms with Gasteiger partial charge in [0.05, 0.1) is 48.9 Å². The summed E-state index contributed by atoms with van der Waals surface area (Å²) in [7, 11) is -3.64. The minimum atomic E-state index is -3.64. The number of carbonyl (C=O) groups excluding carboxylic acids is 3. The lowest BCUT2D eigenvalue weighted by Gasteiger charge is -2.37. The molecule has 4 heterocycles. The summed E-state index contributed by atoms with van der Waals surface area (Å²) in [6, 6.07) is 18.6. The Labute approximate surface area is 289 Å². The third-order valence-corrected chi connectivity index (χ3v) is 13.2. The second-order valence-corrected chi connectivity index (χ2v) is 17.9. The van der Waals surface area contributed by atoms with Crippen molar-refractivity contribution in [1.82, 2.24) is 4.90 Å². The smallest absolute Gasteiger partial charge is 0.414 e. The zero-order valence-electron chi connectivity index (χ0n) is 28.1. The van der Waals surface area contributed by atoms with Crippen LogP contribution in [-0.4, -0.2) is 73.1 Å². The number of benzene rings is 3. The normalized spacial score (nSPS) is 26.0. The fourth-order valence-corrected chi connectivity index (χ4v) is 10.9. The minimum absolute atomic E-state index is 0.0856. The first kappa shape index (κ1) is 33.8. The van der Waals surface area contributed by atoms with Gasteiger partial charge >= 0.3 is 6.09 Å². The molecule has 1 N–H and O–H groups in total. The van der Waals surface area contributed by atoms with E-state index in [9.17, 15) is 29.6 Å². The molecule has 0 aliphatic carbocycles. The standard InChI is InChI=1S/C36H39FN4O8Si/c1-22-33(50(2,3)37)31(18-32(43)39-20-25-7-5-4-6-24(25)16-28(39)21-42)49-36(22)29-17-27(41(46)47)12-13-30(29)40(34(36)44)19-23-8-10-26(11-9-23)38-14-15-48-35(38)45/h4-13,17,22,28,31,33,42H,14-16,18-21H2,1-3H3/t22-,28-,31+,33-,36+/m0/s1. The van der Waals surface area contributed by atoms with Gasteiger partial charge in [-0.25, -0.2) is 4.79 Å². The number of amides is 3. The third kappa shape index (κ3) is 5.55. The third-order valence-electron chi connectivity index (χ3n) is 10.8. The van der Waals surface area contributed by atoms with Crippen molar-refractivity contribution in [3.05, 3.63) is 99.1 Å². The molecule has 4 aliphatic rings. The van der Waals surface area contributed by atoms with Crippen LogP contribution in [0, 0.1) is 16.0 Å². The van der Waals surface area contributed by atoms with Crippen LogP contribution in [0.1, 0.15) is 35.6 Å². The van der Waals surface area contributed by atoms with Gasteiger partial charge in [-0.3, -0.25) is 24.6 Å². The quantitative estimate of drug-likeness (QED) is 0.146. The van der Waals surface area contributed by atoms with Crippen molar-refractivity contribution in [1.29, 1.82) is 0 Å². The predicted octanol–water partition coefficient (Wildman–Crippen LogP) is 5.21. The molecule has 0 unspecified atom stereocenters. The fourth-order valence-electron chi connectivity index (χ4n) is 8.43. The van der Waals surface area contributed by atoms with E-state index in [1.807, 2.05) is 24.3 Å². The van der Waals surface area contributed by atoms with Gasteiger partial charge in [0, 0.05) is 41.4 Å². The number of nitro benzene ring substituents is 1. The molecule has 0 saturated carbocycles. The Balaban J connectivity index is 1.23. The highest BCUT2D eigenvalue weighted by atomic mass is 28.4. The Morgan fingerprint density at radius 1 is 1.10 bits per heavy atom. The molecule has 2 fully saturated rings. The second-order valence-electron chi connectivity index (χ2n) is 14.1. The Bertz CT molecular complexity index is 1870. The predicted molar refractivity (Wildman–Crippen MR) is 184 cm³/mol. The molecule has 3 aromatic rings. The topological polar surface area (TPSA) is 143 Å². The zero-order chi connectivity index (χ0) is 35.5. The number of cyclic esters (lactones) is 1. The van der Waals surface area contributed by atoms with Crippen LogP contribution in [0.25, 0.3) is 0 Å². The summed E-state index contributed by atoms with van der Waals surface area (Å²) in [6.07, 6.45) is -1.16. The highest BCUT2D eigenvalue weighted by Gasteiger charge is 2.67. The maximum Gasteiger partial charge on any atom is 0.414 e. The molecule has 7 rings (SSSR count). The number of hydrogen-bond donors (Lipinski definition) is 1. The number of nitrogens with zero attached hydrogens (tertiary/aromatic N) is 4. The molecule has 3 amide bonds. The summed E-state index contributed by atoms with van der Waals surface area (Å²) >= 11 is 0. The maximum absolute atomic E-state index is 16.4. The molecule has 3 aromatic carbocycles. The molecule has 14 heteroatoms. The van der Waals surface area contributed by atoms with Crippen molar-refractivity contribution in [2.24, 2.45) is 5.92 Å². The van der Waals surface area contributed by atoms with Gasteiger partial charge in [-0.15, -0.1) is 0 Å². The monoisotopic (exact) mass is 702 g/mol. The largest absolute Gasteiger partial charge is 0.447 e. The number of non-ortho nitro benzene ring substituents is 1. The van der Waals surface area contributed by atoms with Crippen molar-refractivity contribution >= 4 is 43.4 Å². The summed E-state index contributed by atoms with van der Waals surface area (Å²) in [6.45, 7) is 5.66. The average Bonchev–Trinajstić information content (AvgIpc) is 3.72. The molecule has 5 atom stereocenters. The van der Waals surface area contributed by atoms with Gasteiger partial charge in [0.25, 0.3) is 11.6 Å². The number of hydrogen-bond acceptors (Lipinski definition) is 8. The van der Waals surface area contributed by atoms with Gasteiger partial charge in [-0.1, -0.05) is 43.3 Å².